The van der Waals surface area contributed by atoms with Crippen molar-refractivity contribution in [3.63, 3.8) is 0 Å². The molecule has 2 rings (SSSR count). The van der Waals surface area contributed by atoms with E-state index < -0.39 is 5.97 Å². The van der Waals surface area contributed by atoms with Crippen molar-refractivity contribution >= 4 is 5.97 Å². The molecule has 21 heavy (non-hydrogen) atoms. The lowest BCUT2D eigenvalue weighted by molar-refractivity contribution is -0.136. The van der Waals surface area contributed by atoms with Gasteiger partial charge >= 0.3 is 5.97 Å². The predicted molar refractivity (Wildman–Crippen MR) is 82.3 cm³/mol. The molecule has 4 nitrogen and oxygen atoms in total. The van der Waals surface area contributed by atoms with E-state index in [1.54, 1.807) is 0 Å². The second-order valence-electron chi connectivity index (χ2n) is 5.69. The first-order valence-electron chi connectivity index (χ1n) is 7.86. The van der Waals surface area contributed by atoms with Gasteiger partial charge in [-0.15, -0.1) is 0 Å². The monoisotopic (exact) mass is 291 g/mol. The van der Waals surface area contributed by atoms with Gasteiger partial charge in [-0.2, -0.15) is 0 Å². The molecular formula is C17H25NO3. The van der Waals surface area contributed by atoms with Gasteiger partial charge in [0.25, 0.3) is 0 Å². The van der Waals surface area contributed by atoms with Gasteiger partial charge < -0.3 is 15.2 Å². The van der Waals surface area contributed by atoms with Gasteiger partial charge in [0.2, 0.25) is 0 Å². The molecule has 116 valence electrons. The van der Waals surface area contributed by atoms with Crippen LogP contribution in [-0.4, -0.2) is 30.3 Å². The Hall–Kier alpha value is -1.39. The minimum atomic E-state index is -0.791. The lowest BCUT2D eigenvalue weighted by Gasteiger charge is -2.22. The van der Waals surface area contributed by atoms with Crippen LogP contribution in [0.3, 0.4) is 0 Å². The zero-order valence-electron chi connectivity index (χ0n) is 12.5. The summed E-state index contributed by atoms with van der Waals surface area (Å²) in [5.41, 5.74) is 2.01. The maximum atomic E-state index is 10.6. The van der Waals surface area contributed by atoms with E-state index in [2.05, 4.69) is 5.32 Å². The molecule has 1 saturated carbocycles. The average molecular weight is 291 g/mol. The predicted octanol–water partition coefficient (Wildman–Crippen LogP) is 2.75. The molecule has 0 aromatic heterocycles. The molecule has 0 bridgehead atoms. The summed E-state index contributed by atoms with van der Waals surface area (Å²) in [7, 11) is 0. The highest BCUT2D eigenvalue weighted by Crippen LogP contribution is 2.19. The van der Waals surface area contributed by atoms with Crippen molar-refractivity contribution in [1.29, 1.82) is 0 Å². The highest BCUT2D eigenvalue weighted by molar-refractivity contribution is 5.70. The lowest BCUT2D eigenvalue weighted by atomic mass is 9.98. The van der Waals surface area contributed by atoms with Crippen LogP contribution in [0.2, 0.25) is 0 Å². The molecule has 0 atom stereocenters. The number of carbonyl (C=O) groups is 1. The standard InChI is InChI=1S/C17H25NO3/c19-17(20)12-14-6-8-15(9-7-14)13-18-10-11-21-16-4-2-1-3-5-16/h6-9,16,18H,1-5,10-13H2,(H,19,20). The molecule has 0 aliphatic heterocycles. The Morgan fingerprint density at radius 3 is 2.48 bits per heavy atom. The quantitative estimate of drug-likeness (QED) is 0.723. The van der Waals surface area contributed by atoms with Crippen LogP contribution in [0.15, 0.2) is 24.3 Å². The van der Waals surface area contributed by atoms with Gasteiger partial charge in [0.1, 0.15) is 0 Å². The number of nitrogens with one attached hydrogen (secondary N) is 1. The van der Waals surface area contributed by atoms with Crippen LogP contribution in [-0.2, 0) is 22.5 Å². The maximum absolute atomic E-state index is 10.6. The number of rotatable bonds is 8. The molecule has 0 heterocycles. The number of ether oxygens (including phenoxy) is 1. The molecule has 0 unspecified atom stereocenters. The number of hydrogen-bond donors (Lipinski definition) is 2. The van der Waals surface area contributed by atoms with Crippen molar-refractivity contribution in [2.24, 2.45) is 0 Å². The summed E-state index contributed by atoms with van der Waals surface area (Å²) in [6, 6.07) is 7.72. The normalized spacial score (nSPS) is 16.0. The zero-order chi connectivity index (χ0) is 14.9. The average Bonchev–Trinajstić information content (AvgIpc) is 2.49. The fraction of sp³-hybridized carbons (Fsp3) is 0.588. The van der Waals surface area contributed by atoms with Crippen molar-refractivity contribution in [3.05, 3.63) is 35.4 Å². The summed E-state index contributed by atoms with van der Waals surface area (Å²) in [5.74, 6) is -0.791. The highest BCUT2D eigenvalue weighted by Gasteiger charge is 2.12. The molecule has 0 saturated heterocycles. The first-order valence-corrected chi connectivity index (χ1v) is 7.86. The van der Waals surface area contributed by atoms with E-state index in [9.17, 15) is 4.79 Å². The fourth-order valence-electron chi connectivity index (χ4n) is 2.71. The van der Waals surface area contributed by atoms with E-state index in [-0.39, 0.29) is 6.42 Å². The van der Waals surface area contributed by atoms with E-state index in [0.717, 1.165) is 25.3 Å². The molecule has 1 aliphatic rings. The largest absolute Gasteiger partial charge is 0.481 e. The Morgan fingerprint density at radius 2 is 1.81 bits per heavy atom. The van der Waals surface area contributed by atoms with Gasteiger partial charge in [0, 0.05) is 13.1 Å². The summed E-state index contributed by atoms with van der Waals surface area (Å²) in [6.45, 7) is 2.41. The van der Waals surface area contributed by atoms with Gasteiger partial charge in [0.05, 0.1) is 19.1 Å². The van der Waals surface area contributed by atoms with E-state index in [1.807, 2.05) is 24.3 Å². The molecular weight excluding hydrogens is 266 g/mol. The lowest BCUT2D eigenvalue weighted by Crippen LogP contribution is -2.24. The van der Waals surface area contributed by atoms with Crippen molar-refractivity contribution < 1.29 is 14.6 Å². The number of hydrogen-bond acceptors (Lipinski definition) is 3. The minimum absolute atomic E-state index is 0.0862. The SMILES string of the molecule is O=C(O)Cc1ccc(CNCCOC2CCCCC2)cc1. The van der Waals surface area contributed by atoms with E-state index in [0.29, 0.717) is 6.10 Å². The third-order valence-corrected chi connectivity index (χ3v) is 3.89. The third-order valence-electron chi connectivity index (χ3n) is 3.89. The summed E-state index contributed by atoms with van der Waals surface area (Å²) in [6.07, 6.45) is 6.95. The molecule has 1 aromatic carbocycles. The molecule has 0 spiro atoms. The van der Waals surface area contributed by atoms with Gasteiger partial charge in [-0.25, -0.2) is 0 Å². The summed E-state index contributed by atoms with van der Waals surface area (Å²) in [4.78, 5) is 10.6. The molecule has 0 radical (unpaired) electrons. The summed E-state index contributed by atoms with van der Waals surface area (Å²) in [5, 5.41) is 12.1. The highest BCUT2D eigenvalue weighted by atomic mass is 16.5. The number of aliphatic carboxylic acids is 1. The Bertz CT molecular complexity index is 424. The molecule has 2 N–H and O–H groups in total. The molecule has 1 aromatic rings. The summed E-state index contributed by atoms with van der Waals surface area (Å²) < 4.78 is 5.86. The topological polar surface area (TPSA) is 58.6 Å². The van der Waals surface area contributed by atoms with Gasteiger partial charge in [-0.1, -0.05) is 43.5 Å². The molecule has 0 amide bonds. The number of carboxylic acid groups (broad SMARTS) is 1. The number of carboxylic acids is 1. The van der Waals surface area contributed by atoms with Gasteiger partial charge in [-0.3, -0.25) is 4.79 Å². The smallest absolute Gasteiger partial charge is 0.307 e. The van der Waals surface area contributed by atoms with Crippen LogP contribution in [0, 0.1) is 0 Å². The Kier molecular flexibility index (Phi) is 6.70. The maximum Gasteiger partial charge on any atom is 0.307 e. The zero-order valence-corrected chi connectivity index (χ0v) is 12.5. The van der Waals surface area contributed by atoms with Gasteiger partial charge in [0.15, 0.2) is 0 Å². The van der Waals surface area contributed by atoms with E-state index in [4.69, 9.17) is 9.84 Å². The van der Waals surface area contributed by atoms with Crippen LogP contribution < -0.4 is 5.32 Å². The summed E-state index contributed by atoms with van der Waals surface area (Å²) >= 11 is 0. The molecule has 1 aliphatic carbocycles. The third kappa shape index (κ3) is 6.27. The van der Waals surface area contributed by atoms with E-state index >= 15 is 0 Å². The van der Waals surface area contributed by atoms with Crippen molar-refractivity contribution in [3.8, 4) is 0 Å². The van der Waals surface area contributed by atoms with Crippen LogP contribution in [0.1, 0.15) is 43.2 Å². The minimum Gasteiger partial charge on any atom is -0.481 e. The van der Waals surface area contributed by atoms with Crippen molar-refractivity contribution in [2.45, 2.75) is 51.2 Å². The first-order chi connectivity index (χ1) is 10.2. The van der Waals surface area contributed by atoms with Crippen LogP contribution in [0.25, 0.3) is 0 Å². The van der Waals surface area contributed by atoms with Crippen LogP contribution in [0.4, 0.5) is 0 Å². The Labute approximate surface area is 126 Å². The Balaban J connectivity index is 1.58. The second-order valence-corrected chi connectivity index (χ2v) is 5.69. The van der Waals surface area contributed by atoms with Crippen molar-refractivity contribution in [1.82, 2.24) is 5.32 Å². The second kappa shape index (κ2) is 8.80. The fourth-order valence-corrected chi connectivity index (χ4v) is 2.71. The van der Waals surface area contributed by atoms with E-state index in [1.165, 1.54) is 37.7 Å². The first kappa shape index (κ1) is 16.0. The van der Waals surface area contributed by atoms with Crippen LogP contribution >= 0.6 is 0 Å². The number of benzene rings is 1. The molecule has 1 fully saturated rings. The Morgan fingerprint density at radius 1 is 1.14 bits per heavy atom. The van der Waals surface area contributed by atoms with Crippen molar-refractivity contribution in [2.75, 3.05) is 13.2 Å². The van der Waals surface area contributed by atoms with Crippen LogP contribution in [0.5, 0.6) is 0 Å². The van der Waals surface area contributed by atoms with Gasteiger partial charge in [-0.05, 0) is 24.0 Å². The molecule has 4 heteroatoms.